The van der Waals surface area contributed by atoms with E-state index in [2.05, 4.69) is 11.8 Å². The van der Waals surface area contributed by atoms with Gasteiger partial charge in [-0.25, -0.2) is 0 Å². The van der Waals surface area contributed by atoms with E-state index >= 15 is 0 Å². The molecule has 1 aromatic rings. The van der Waals surface area contributed by atoms with E-state index in [9.17, 15) is 0 Å². The van der Waals surface area contributed by atoms with Crippen LogP contribution in [0, 0.1) is 0 Å². The van der Waals surface area contributed by atoms with Crippen molar-refractivity contribution in [1.82, 2.24) is 4.90 Å². The summed E-state index contributed by atoms with van der Waals surface area (Å²) in [6, 6.07) is 7.61. The third-order valence-electron chi connectivity index (χ3n) is 3.28. The molecule has 2 atom stereocenters. The van der Waals surface area contributed by atoms with Crippen LogP contribution in [0.15, 0.2) is 24.3 Å². The summed E-state index contributed by atoms with van der Waals surface area (Å²) in [6.07, 6.45) is 0.0740. The molecule has 2 N–H and O–H groups in total. The van der Waals surface area contributed by atoms with Gasteiger partial charge in [0.1, 0.15) is 0 Å². The maximum Gasteiger partial charge on any atom is 0.0894 e. The summed E-state index contributed by atoms with van der Waals surface area (Å²) < 4.78 is 5.76. The van der Waals surface area contributed by atoms with Crippen molar-refractivity contribution < 1.29 is 4.74 Å². The Kier molecular flexibility index (Phi) is 4.40. The predicted octanol–water partition coefficient (Wildman–Crippen LogP) is 2.06. The number of rotatable bonds is 3. The van der Waals surface area contributed by atoms with Crippen LogP contribution in [-0.2, 0) is 4.74 Å². The molecule has 1 fully saturated rings. The molecule has 4 heteroatoms. The van der Waals surface area contributed by atoms with Crippen molar-refractivity contribution >= 4 is 11.6 Å². The molecule has 0 amide bonds. The highest BCUT2D eigenvalue weighted by atomic mass is 35.5. The second-order valence-corrected chi connectivity index (χ2v) is 4.82. The van der Waals surface area contributed by atoms with Gasteiger partial charge in [-0.15, -0.1) is 0 Å². The van der Waals surface area contributed by atoms with Crippen LogP contribution in [0.4, 0.5) is 0 Å². The highest BCUT2D eigenvalue weighted by molar-refractivity contribution is 6.30. The molecule has 0 aromatic heterocycles. The summed E-state index contributed by atoms with van der Waals surface area (Å²) in [5, 5.41) is 0.737. The van der Waals surface area contributed by atoms with Crippen LogP contribution >= 0.6 is 11.6 Å². The lowest BCUT2D eigenvalue weighted by molar-refractivity contribution is -0.0392. The summed E-state index contributed by atoms with van der Waals surface area (Å²) in [4.78, 5) is 2.37. The Morgan fingerprint density at radius 1 is 1.47 bits per heavy atom. The number of ether oxygens (including phenoxy) is 1. The van der Waals surface area contributed by atoms with Gasteiger partial charge in [0.25, 0.3) is 0 Å². The van der Waals surface area contributed by atoms with Crippen LogP contribution in [0.3, 0.4) is 0 Å². The minimum atomic E-state index is -0.0818. The Hall–Kier alpha value is -0.610. The average molecular weight is 255 g/mol. The number of hydrogen-bond acceptors (Lipinski definition) is 3. The zero-order chi connectivity index (χ0) is 12.3. The smallest absolute Gasteiger partial charge is 0.0894 e. The number of likely N-dealkylation sites (N-methyl/N-ethyl adjacent to an activating group) is 1. The Bertz CT molecular complexity index is 355. The molecular formula is C13H19ClN2O. The first kappa shape index (κ1) is 12.8. The van der Waals surface area contributed by atoms with Crippen molar-refractivity contribution in [3.8, 4) is 0 Å². The maximum atomic E-state index is 6.24. The van der Waals surface area contributed by atoms with Crippen molar-refractivity contribution in [3.05, 3.63) is 34.9 Å². The van der Waals surface area contributed by atoms with Gasteiger partial charge in [0.15, 0.2) is 0 Å². The molecule has 1 aromatic carbocycles. The van der Waals surface area contributed by atoms with Gasteiger partial charge in [0.05, 0.1) is 18.8 Å². The van der Waals surface area contributed by atoms with Crippen LogP contribution in [-0.4, -0.2) is 37.2 Å². The van der Waals surface area contributed by atoms with E-state index < -0.39 is 0 Å². The van der Waals surface area contributed by atoms with Gasteiger partial charge in [-0.3, -0.25) is 4.90 Å². The summed E-state index contributed by atoms with van der Waals surface area (Å²) >= 11 is 5.87. The largest absolute Gasteiger partial charge is 0.374 e. The maximum absolute atomic E-state index is 6.24. The molecule has 2 unspecified atom stereocenters. The molecule has 17 heavy (non-hydrogen) atoms. The molecule has 1 aliphatic rings. The lowest BCUT2D eigenvalue weighted by atomic mass is 10.0. The number of halogens is 1. The molecule has 3 nitrogen and oxygen atoms in total. The van der Waals surface area contributed by atoms with Gasteiger partial charge in [-0.05, 0) is 24.2 Å². The third kappa shape index (κ3) is 3.19. The first-order chi connectivity index (χ1) is 8.20. The standard InChI is InChI=1S/C13H19ClN2O/c1-2-16-7-8-17-12(9-16)13(15)10-3-5-11(14)6-4-10/h3-6,12-13H,2,7-9,15H2,1H3. The average Bonchev–Trinajstić information content (AvgIpc) is 2.39. The minimum absolute atomic E-state index is 0.0740. The van der Waals surface area contributed by atoms with E-state index in [4.69, 9.17) is 22.1 Å². The quantitative estimate of drug-likeness (QED) is 0.898. The molecular weight excluding hydrogens is 236 g/mol. The van der Waals surface area contributed by atoms with Gasteiger partial charge in [0, 0.05) is 18.1 Å². The molecule has 0 radical (unpaired) electrons. The summed E-state index contributed by atoms with van der Waals surface area (Å²) in [5.41, 5.74) is 7.32. The lowest BCUT2D eigenvalue weighted by Gasteiger charge is -2.35. The first-order valence-electron chi connectivity index (χ1n) is 6.05. The molecule has 94 valence electrons. The second-order valence-electron chi connectivity index (χ2n) is 4.38. The first-order valence-corrected chi connectivity index (χ1v) is 6.43. The number of nitrogens with two attached hydrogens (primary N) is 1. The second kappa shape index (κ2) is 5.83. The van der Waals surface area contributed by atoms with E-state index in [-0.39, 0.29) is 12.1 Å². The van der Waals surface area contributed by atoms with E-state index in [0.717, 1.165) is 36.8 Å². The highest BCUT2D eigenvalue weighted by Crippen LogP contribution is 2.21. The Morgan fingerprint density at radius 3 is 2.82 bits per heavy atom. The van der Waals surface area contributed by atoms with E-state index in [0.29, 0.717) is 0 Å². The third-order valence-corrected chi connectivity index (χ3v) is 3.53. The highest BCUT2D eigenvalue weighted by Gasteiger charge is 2.25. The molecule has 1 aliphatic heterocycles. The van der Waals surface area contributed by atoms with Crippen LogP contribution in [0.1, 0.15) is 18.5 Å². The van der Waals surface area contributed by atoms with Gasteiger partial charge in [0.2, 0.25) is 0 Å². The number of benzene rings is 1. The molecule has 0 saturated carbocycles. The zero-order valence-corrected chi connectivity index (χ0v) is 10.9. The van der Waals surface area contributed by atoms with Crippen molar-refractivity contribution in [2.45, 2.75) is 19.1 Å². The minimum Gasteiger partial charge on any atom is -0.374 e. The molecule has 1 saturated heterocycles. The monoisotopic (exact) mass is 254 g/mol. The molecule has 2 rings (SSSR count). The van der Waals surface area contributed by atoms with Crippen molar-refractivity contribution in [2.75, 3.05) is 26.2 Å². The fourth-order valence-electron chi connectivity index (χ4n) is 2.14. The fourth-order valence-corrected chi connectivity index (χ4v) is 2.26. The number of morpholine rings is 1. The van der Waals surface area contributed by atoms with Crippen LogP contribution < -0.4 is 5.73 Å². The normalized spacial score (nSPS) is 23.6. The van der Waals surface area contributed by atoms with E-state index in [1.165, 1.54) is 0 Å². The Balaban J connectivity index is 2.03. The van der Waals surface area contributed by atoms with Crippen LogP contribution in [0.5, 0.6) is 0 Å². The van der Waals surface area contributed by atoms with Gasteiger partial charge in [-0.2, -0.15) is 0 Å². The molecule has 1 heterocycles. The van der Waals surface area contributed by atoms with Crippen molar-refractivity contribution in [2.24, 2.45) is 5.73 Å². The summed E-state index contributed by atoms with van der Waals surface area (Å²) in [6.45, 7) is 5.88. The summed E-state index contributed by atoms with van der Waals surface area (Å²) in [7, 11) is 0. The Morgan fingerprint density at radius 2 is 2.18 bits per heavy atom. The number of nitrogens with zero attached hydrogens (tertiary/aromatic N) is 1. The van der Waals surface area contributed by atoms with E-state index in [1.807, 2.05) is 24.3 Å². The zero-order valence-electron chi connectivity index (χ0n) is 10.1. The number of hydrogen-bond donors (Lipinski definition) is 1. The van der Waals surface area contributed by atoms with Gasteiger partial charge < -0.3 is 10.5 Å². The van der Waals surface area contributed by atoms with Gasteiger partial charge in [-0.1, -0.05) is 30.7 Å². The lowest BCUT2D eigenvalue weighted by Crippen LogP contribution is -2.46. The molecule has 0 spiro atoms. The van der Waals surface area contributed by atoms with Crippen LogP contribution in [0.2, 0.25) is 5.02 Å². The predicted molar refractivity (Wildman–Crippen MR) is 70.2 cm³/mol. The molecule has 0 bridgehead atoms. The van der Waals surface area contributed by atoms with E-state index in [1.54, 1.807) is 0 Å². The van der Waals surface area contributed by atoms with Gasteiger partial charge >= 0.3 is 0 Å². The SMILES string of the molecule is CCN1CCOC(C(N)c2ccc(Cl)cc2)C1. The van der Waals surface area contributed by atoms with Crippen LogP contribution in [0.25, 0.3) is 0 Å². The summed E-state index contributed by atoms with van der Waals surface area (Å²) in [5.74, 6) is 0. The topological polar surface area (TPSA) is 38.5 Å². The Labute approximate surface area is 107 Å². The molecule has 0 aliphatic carbocycles. The van der Waals surface area contributed by atoms with Crippen molar-refractivity contribution in [3.63, 3.8) is 0 Å². The van der Waals surface area contributed by atoms with Crippen molar-refractivity contribution in [1.29, 1.82) is 0 Å². The fraction of sp³-hybridized carbons (Fsp3) is 0.538.